The fraction of sp³-hybridized carbons (Fsp3) is 0.294. The highest BCUT2D eigenvalue weighted by Crippen LogP contribution is 2.26. The molecule has 0 unspecified atom stereocenters. The van der Waals surface area contributed by atoms with Gasteiger partial charge in [0.25, 0.3) is 0 Å². The zero-order chi connectivity index (χ0) is 31.1. The van der Waals surface area contributed by atoms with Gasteiger partial charge in [-0.25, -0.2) is 9.78 Å². The molecule has 1 heterocycles. The van der Waals surface area contributed by atoms with Crippen molar-refractivity contribution in [2.24, 2.45) is 0 Å². The minimum Gasteiger partial charge on any atom is -0.508 e. The number of hydrogen-bond donors (Lipinski definition) is 3. The number of carbonyl (C=O) groups is 2. The molecule has 0 spiro atoms. The molecule has 43 heavy (non-hydrogen) atoms. The maximum absolute atomic E-state index is 14.5. The van der Waals surface area contributed by atoms with Crippen LogP contribution in [0.3, 0.4) is 0 Å². The first kappa shape index (κ1) is 30.8. The van der Waals surface area contributed by atoms with Crippen LogP contribution in [0.4, 0.5) is 4.79 Å². The number of nitrogens with one attached hydrogen (secondary N) is 2. The summed E-state index contributed by atoms with van der Waals surface area (Å²) >= 11 is 0. The van der Waals surface area contributed by atoms with E-state index in [1.165, 1.54) is 0 Å². The maximum Gasteiger partial charge on any atom is 0.408 e. The van der Waals surface area contributed by atoms with Crippen LogP contribution in [0.1, 0.15) is 61.8 Å². The smallest absolute Gasteiger partial charge is 0.408 e. The molecular weight excluding hydrogens is 542 g/mol. The Hall–Kier alpha value is -5.10. The van der Waals surface area contributed by atoms with Gasteiger partial charge in [-0.05, 0) is 75.6 Å². The van der Waals surface area contributed by atoms with E-state index in [0.29, 0.717) is 11.4 Å². The third-order valence-corrected chi connectivity index (χ3v) is 6.96. The summed E-state index contributed by atoms with van der Waals surface area (Å²) in [6, 6.07) is 22.3. The molecule has 0 aliphatic rings. The number of hydrogen-bond acceptors (Lipinski definition) is 6. The Kier molecular flexibility index (Phi) is 9.51. The SMILES string of the molecule is Cc1cc(O)ccc1C[C@H](NC(=O)OC(C)(C)C)C(=O)N(Cc1cccc(C#N)c1)[C@@H](C)c1nc(-c2ccccc2)c[nH]1. The van der Waals surface area contributed by atoms with E-state index < -0.39 is 23.8 Å². The molecule has 2 atom stereocenters. The molecule has 9 heteroatoms. The summed E-state index contributed by atoms with van der Waals surface area (Å²) in [6.07, 6.45) is 1.25. The number of aromatic hydroxyl groups is 1. The topological polar surface area (TPSA) is 131 Å². The summed E-state index contributed by atoms with van der Waals surface area (Å²) in [5.41, 5.74) is 3.71. The van der Waals surface area contributed by atoms with Gasteiger partial charge in [-0.3, -0.25) is 4.79 Å². The van der Waals surface area contributed by atoms with Crippen LogP contribution in [0, 0.1) is 18.3 Å². The molecule has 222 valence electrons. The van der Waals surface area contributed by atoms with Gasteiger partial charge in [-0.15, -0.1) is 0 Å². The van der Waals surface area contributed by atoms with E-state index in [4.69, 9.17) is 9.72 Å². The quantitative estimate of drug-likeness (QED) is 0.217. The second-order valence-electron chi connectivity index (χ2n) is 11.5. The van der Waals surface area contributed by atoms with Crippen LogP contribution in [0.5, 0.6) is 5.75 Å². The molecule has 0 bridgehead atoms. The number of alkyl carbamates (subject to hydrolysis) is 1. The van der Waals surface area contributed by atoms with Gasteiger partial charge in [0.05, 0.1) is 23.4 Å². The first-order valence-electron chi connectivity index (χ1n) is 14.1. The summed E-state index contributed by atoms with van der Waals surface area (Å²) in [5.74, 6) is 0.329. The average Bonchev–Trinajstić information content (AvgIpc) is 3.46. The van der Waals surface area contributed by atoms with E-state index >= 15 is 0 Å². The highest BCUT2D eigenvalue weighted by atomic mass is 16.6. The number of nitrogens with zero attached hydrogens (tertiary/aromatic N) is 3. The third kappa shape index (κ3) is 8.23. The van der Waals surface area contributed by atoms with Gasteiger partial charge in [0, 0.05) is 24.7 Å². The summed E-state index contributed by atoms with van der Waals surface area (Å²) < 4.78 is 5.52. The van der Waals surface area contributed by atoms with E-state index in [-0.39, 0.29) is 24.6 Å². The number of benzene rings is 3. The lowest BCUT2D eigenvalue weighted by molar-refractivity contribution is -0.136. The van der Waals surface area contributed by atoms with Crippen molar-refractivity contribution in [2.45, 2.75) is 65.3 Å². The summed E-state index contributed by atoms with van der Waals surface area (Å²) in [4.78, 5) is 37.1. The zero-order valence-electron chi connectivity index (χ0n) is 25.1. The Balaban J connectivity index is 1.72. The molecule has 0 aliphatic heterocycles. The lowest BCUT2D eigenvalue weighted by atomic mass is 9.99. The fourth-order valence-electron chi connectivity index (χ4n) is 4.78. The van der Waals surface area contributed by atoms with Crippen LogP contribution in [0.2, 0.25) is 0 Å². The van der Waals surface area contributed by atoms with Crippen molar-refractivity contribution < 1.29 is 19.4 Å². The molecule has 3 aromatic carbocycles. The van der Waals surface area contributed by atoms with Crippen LogP contribution in [-0.4, -0.2) is 43.6 Å². The summed E-state index contributed by atoms with van der Waals surface area (Å²) in [5, 5.41) is 22.2. The summed E-state index contributed by atoms with van der Waals surface area (Å²) in [7, 11) is 0. The number of aromatic amines is 1. The molecular formula is C34H37N5O4. The van der Waals surface area contributed by atoms with Crippen molar-refractivity contribution in [1.29, 1.82) is 5.26 Å². The number of phenols is 1. The van der Waals surface area contributed by atoms with Gasteiger partial charge in [0.15, 0.2) is 0 Å². The van der Waals surface area contributed by atoms with Crippen LogP contribution in [-0.2, 0) is 22.5 Å². The minimum atomic E-state index is -0.997. The molecule has 0 fully saturated rings. The van der Waals surface area contributed by atoms with Gasteiger partial charge in [-0.1, -0.05) is 48.5 Å². The first-order chi connectivity index (χ1) is 20.4. The van der Waals surface area contributed by atoms with Gasteiger partial charge in [0.2, 0.25) is 5.91 Å². The monoisotopic (exact) mass is 579 g/mol. The molecule has 1 aromatic heterocycles. The Morgan fingerprint density at radius 1 is 1.09 bits per heavy atom. The number of ether oxygens (including phenoxy) is 1. The van der Waals surface area contributed by atoms with E-state index in [9.17, 15) is 20.0 Å². The fourth-order valence-corrected chi connectivity index (χ4v) is 4.78. The van der Waals surface area contributed by atoms with Crippen LogP contribution >= 0.6 is 0 Å². The number of H-pyrrole nitrogens is 1. The average molecular weight is 580 g/mol. The lowest BCUT2D eigenvalue weighted by Crippen LogP contribution is -2.51. The van der Waals surface area contributed by atoms with Crippen LogP contribution in [0.25, 0.3) is 11.3 Å². The standard InChI is InChI=1S/C34H37N5O4/c1-22-16-28(40)15-14-27(22)18-29(38-33(42)43-34(3,4)5)32(41)39(21-25-11-9-10-24(17-25)19-35)23(2)31-36-20-30(37-31)26-12-7-6-8-13-26/h6-17,20,23,29,40H,18,21H2,1-5H3,(H,36,37)(H,38,42)/t23-,29-/m0/s1. The number of phenolic OH excluding ortho intramolecular Hbond substituents is 1. The normalized spacial score (nSPS) is 12.6. The molecule has 0 radical (unpaired) electrons. The van der Waals surface area contributed by atoms with E-state index in [1.807, 2.05) is 50.2 Å². The highest BCUT2D eigenvalue weighted by molar-refractivity contribution is 5.86. The Bertz CT molecular complexity index is 1620. The van der Waals surface area contributed by atoms with Crippen molar-refractivity contribution in [2.75, 3.05) is 0 Å². The second-order valence-corrected chi connectivity index (χ2v) is 11.5. The minimum absolute atomic E-state index is 0.115. The van der Waals surface area contributed by atoms with Crippen LogP contribution < -0.4 is 5.32 Å². The largest absolute Gasteiger partial charge is 0.508 e. The predicted octanol–water partition coefficient (Wildman–Crippen LogP) is 6.19. The molecule has 0 saturated carbocycles. The van der Waals surface area contributed by atoms with Crippen molar-refractivity contribution >= 4 is 12.0 Å². The molecule has 3 N–H and O–H groups in total. The van der Waals surface area contributed by atoms with Crippen molar-refractivity contribution in [3.8, 4) is 23.1 Å². The highest BCUT2D eigenvalue weighted by Gasteiger charge is 2.33. The molecule has 0 saturated heterocycles. The molecule has 2 amide bonds. The van der Waals surface area contributed by atoms with Crippen molar-refractivity contribution in [3.63, 3.8) is 0 Å². The number of aryl methyl sites for hydroxylation is 1. The summed E-state index contributed by atoms with van der Waals surface area (Å²) in [6.45, 7) is 9.14. The van der Waals surface area contributed by atoms with E-state index in [1.54, 1.807) is 68.3 Å². The molecule has 0 aliphatic carbocycles. The Labute approximate surface area is 252 Å². The number of amides is 2. The van der Waals surface area contributed by atoms with E-state index in [2.05, 4.69) is 16.4 Å². The maximum atomic E-state index is 14.5. The lowest BCUT2D eigenvalue weighted by Gasteiger charge is -2.33. The number of imidazole rings is 1. The number of nitriles is 1. The third-order valence-electron chi connectivity index (χ3n) is 6.96. The van der Waals surface area contributed by atoms with Crippen molar-refractivity contribution in [1.82, 2.24) is 20.2 Å². The van der Waals surface area contributed by atoms with Crippen LogP contribution in [0.15, 0.2) is 79.0 Å². The predicted molar refractivity (Wildman–Crippen MR) is 164 cm³/mol. The Morgan fingerprint density at radius 3 is 2.51 bits per heavy atom. The number of rotatable bonds is 9. The molecule has 9 nitrogen and oxygen atoms in total. The van der Waals surface area contributed by atoms with Gasteiger partial charge in [0.1, 0.15) is 23.2 Å². The zero-order valence-corrected chi connectivity index (χ0v) is 25.1. The van der Waals surface area contributed by atoms with E-state index in [0.717, 1.165) is 27.9 Å². The van der Waals surface area contributed by atoms with Gasteiger partial charge in [-0.2, -0.15) is 5.26 Å². The molecule has 4 aromatic rings. The van der Waals surface area contributed by atoms with Gasteiger partial charge < -0.3 is 25.0 Å². The number of carbonyl (C=O) groups excluding carboxylic acids is 2. The van der Waals surface area contributed by atoms with Gasteiger partial charge >= 0.3 is 6.09 Å². The second kappa shape index (κ2) is 13.3. The van der Waals surface area contributed by atoms with Crippen molar-refractivity contribution in [3.05, 3.63) is 107 Å². The number of aromatic nitrogens is 2. The Morgan fingerprint density at radius 2 is 1.84 bits per heavy atom. The molecule has 4 rings (SSSR count). The first-order valence-corrected chi connectivity index (χ1v) is 14.1.